The second-order valence-electron chi connectivity index (χ2n) is 4.94. The zero-order valence-electron chi connectivity index (χ0n) is 12.5. The first-order chi connectivity index (χ1) is 11.6. The molecule has 0 aliphatic heterocycles. The van der Waals surface area contributed by atoms with E-state index in [1.54, 1.807) is 48.5 Å². The van der Waals surface area contributed by atoms with Crippen LogP contribution in [0, 0.1) is 0 Å². The van der Waals surface area contributed by atoms with E-state index in [4.69, 9.17) is 4.42 Å². The minimum Gasteiger partial charge on any atom is -0.459 e. The lowest BCUT2D eigenvalue weighted by Crippen LogP contribution is -2.17. The molecule has 0 spiro atoms. The van der Waals surface area contributed by atoms with Crippen molar-refractivity contribution < 1.29 is 14.0 Å². The molecule has 1 heterocycles. The van der Waals surface area contributed by atoms with E-state index in [0.29, 0.717) is 16.9 Å². The van der Waals surface area contributed by atoms with Crippen molar-refractivity contribution in [3.63, 3.8) is 0 Å². The summed E-state index contributed by atoms with van der Waals surface area (Å²) in [6, 6.07) is 17.2. The Morgan fingerprint density at radius 2 is 1.58 bits per heavy atom. The van der Waals surface area contributed by atoms with Crippen molar-refractivity contribution in [1.82, 2.24) is 0 Å². The van der Waals surface area contributed by atoms with Gasteiger partial charge < -0.3 is 15.1 Å². The van der Waals surface area contributed by atoms with Crippen molar-refractivity contribution in [2.24, 2.45) is 0 Å². The summed E-state index contributed by atoms with van der Waals surface area (Å²) in [5, 5.41) is 5.49. The van der Waals surface area contributed by atoms with E-state index in [2.05, 4.69) is 26.6 Å². The Bertz CT molecular complexity index is 858. The van der Waals surface area contributed by atoms with Crippen molar-refractivity contribution >= 4 is 39.1 Å². The normalized spacial score (nSPS) is 10.2. The maximum absolute atomic E-state index is 12.5. The number of hydrogen-bond donors (Lipinski definition) is 2. The number of anilines is 2. The van der Waals surface area contributed by atoms with E-state index in [1.165, 1.54) is 6.26 Å². The van der Waals surface area contributed by atoms with Gasteiger partial charge in [-0.1, -0.05) is 28.1 Å². The van der Waals surface area contributed by atoms with Crippen LogP contribution in [0.4, 0.5) is 11.4 Å². The average Bonchev–Trinajstić information content (AvgIpc) is 3.12. The van der Waals surface area contributed by atoms with Crippen LogP contribution in [-0.4, -0.2) is 11.8 Å². The summed E-state index contributed by atoms with van der Waals surface area (Å²) in [6.07, 6.45) is 1.42. The second-order valence-corrected chi connectivity index (χ2v) is 5.85. The van der Waals surface area contributed by atoms with Crippen LogP contribution in [-0.2, 0) is 0 Å². The predicted octanol–water partition coefficient (Wildman–Crippen LogP) is 4.55. The van der Waals surface area contributed by atoms with Gasteiger partial charge in [-0.15, -0.1) is 0 Å². The third-order valence-electron chi connectivity index (χ3n) is 3.27. The van der Waals surface area contributed by atoms with E-state index in [0.717, 1.165) is 4.47 Å². The maximum Gasteiger partial charge on any atom is 0.291 e. The summed E-state index contributed by atoms with van der Waals surface area (Å²) in [5.74, 6) is -0.547. The molecule has 0 radical (unpaired) electrons. The van der Waals surface area contributed by atoms with Gasteiger partial charge in [-0.05, 0) is 48.5 Å². The number of amides is 2. The maximum atomic E-state index is 12.5. The van der Waals surface area contributed by atoms with Crippen LogP contribution < -0.4 is 10.6 Å². The fourth-order valence-corrected chi connectivity index (χ4v) is 2.38. The van der Waals surface area contributed by atoms with Gasteiger partial charge in [-0.3, -0.25) is 9.59 Å². The Morgan fingerprint density at radius 1 is 0.833 bits per heavy atom. The molecule has 0 fully saturated rings. The van der Waals surface area contributed by atoms with E-state index in [9.17, 15) is 9.59 Å². The SMILES string of the molecule is O=C(Nc1ccccc1C(=O)Nc1ccc(Br)cc1)c1ccco1. The second kappa shape index (κ2) is 7.14. The van der Waals surface area contributed by atoms with Gasteiger partial charge in [-0.25, -0.2) is 0 Å². The first kappa shape index (κ1) is 16.0. The summed E-state index contributed by atoms with van der Waals surface area (Å²) in [6.45, 7) is 0. The lowest BCUT2D eigenvalue weighted by Gasteiger charge is -2.11. The molecule has 0 saturated heterocycles. The highest BCUT2D eigenvalue weighted by Gasteiger charge is 2.15. The standard InChI is InChI=1S/C18H13BrN2O3/c19-12-7-9-13(10-8-12)20-17(22)14-4-1-2-5-15(14)21-18(23)16-6-3-11-24-16/h1-11H,(H,20,22)(H,21,23). The molecular weight excluding hydrogens is 372 g/mol. The molecule has 0 saturated carbocycles. The highest BCUT2D eigenvalue weighted by molar-refractivity contribution is 9.10. The van der Waals surface area contributed by atoms with Crippen LogP contribution in [0.25, 0.3) is 0 Å². The van der Waals surface area contributed by atoms with Gasteiger partial charge in [0.05, 0.1) is 17.5 Å². The van der Waals surface area contributed by atoms with Crippen LogP contribution in [0.2, 0.25) is 0 Å². The van der Waals surface area contributed by atoms with Crippen molar-refractivity contribution in [3.05, 3.63) is 82.7 Å². The molecular formula is C18H13BrN2O3. The number of furan rings is 1. The molecule has 0 aliphatic carbocycles. The first-order valence-electron chi connectivity index (χ1n) is 7.14. The summed E-state index contributed by atoms with van der Waals surface area (Å²) in [4.78, 5) is 24.6. The van der Waals surface area contributed by atoms with E-state index in [-0.39, 0.29) is 11.7 Å². The predicted molar refractivity (Wildman–Crippen MR) is 95.2 cm³/mol. The smallest absolute Gasteiger partial charge is 0.291 e. The molecule has 2 amide bonds. The number of rotatable bonds is 4. The third-order valence-corrected chi connectivity index (χ3v) is 3.80. The third kappa shape index (κ3) is 3.72. The largest absolute Gasteiger partial charge is 0.459 e. The van der Waals surface area contributed by atoms with Crippen molar-refractivity contribution in [2.45, 2.75) is 0 Å². The lowest BCUT2D eigenvalue weighted by molar-refractivity contribution is 0.0996. The fourth-order valence-electron chi connectivity index (χ4n) is 2.11. The van der Waals surface area contributed by atoms with Gasteiger partial charge in [0.15, 0.2) is 5.76 Å². The Morgan fingerprint density at radius 3 is 2.29 bits per heavy atom. The van der Waals surface area contributed by atoms with E-state index >= 15 is 0 Å². The Hall–Kier alpha value is -2.86. The Labute approximate surface area is 146 Å². The molecule has 120 valence electrons. The number of hydrogen-bond acceptors (Lipinski definition) is 3. The number of benzene rings is 2. The van der Waals surface area contributed by atoms with Gasteiger partial charge in [0, 0.05) is 10.2 Å². The van der Waals surface area contributed by atoms with Gasteiger partial charge >= 0.3 is 0 Å². The number of nitrogens with one attached hydrogen (secondary N) is 2. The minimum absolute atomic E-state index is 0.179. The molecule has 3 rings (SSSR count). The first-order valence-corrected chi connectivity index (χ1v) is 7.93. The molecule has 0 atom stereocenters. The molecule has 2 N–H and O–H groups in total. The molecule has 0 unspecified atom stereocenters. The van der Waals surface area contributed by atoms with Crippen molar-refractivity contribution in [2.75, 3.05) is 10.6 Å². The Balaban J connectivity index is 1.79. The van der Waals surface area contributed by atoms with Crippen molar-refractivity contribution in [1.29, 1.82) is 0 Å². The minimum atomic E-state index is -0.413. The van der Waals surface area contributed by atoms with Crippen molar-refractivity contribution in [3.8, 4) is 0 Å². The van der Waals surface area contributed by atoms with E-state index in [1.807, 2.05) is 12.1 Å². The molecule has 2 aromatic carbocycles. The number of carbonyl (C=O) groups excluding carboxylic acids is 2. The zero-order valence-corrected chi connectivity index (χ0v) is 14.0. The molecule has 0 bridgehead atoms. The number of carbonyl (C=O) groups is 2. The van der Waals surface area contributed by atoms with Gasteiger partial charge in [-0.2, -0.15) is 0 Å². The summed E-state index contributed by atoms with van der Waals surface area (Å²) < 4.78 is 5.98. The van der Waals surface area contributed by atoms with Crippen LogP contribution >= 0.6 is 15.9 Å². The van der Waals surface area contributed by atoms with E-state index < -0.39 is 5.91 Å². The van der Waals surface area contributed by atoms with Gasteiger partial charge in [0.2, 0.25) is 0 Å². The highest BCUT2D eigenvalue weighted by atomic mass is 79.9. The molecule has 3 aromatic rings. The summed E-state index contributed by atoms with van der Waals surface area (Å²) >= 11 is 3.35. The number of halogens is 1. The molecule has 24 heavy (non-hydrogen) atoms. The lowest BCUT2D eigenvalue weighted by atomic mass is 10.1. The summed E-state index contributed by atoms with van der Waals surface area (Å²) in [5.41, 5.74) is 1.43. The fraction of sp³-hybridized carbons (Fsp3) is 0. The molecule has 0 aliphatic rings. The average molecular weight is 385 g/mol. The monoisotopic (exact) mass is 384 g/mol. The zero-order chi connectivity index (χ0) is 16.9. The van der Waals surface area contributed by atoms with Gasteiger partial charge in [0.25, 0.3) is 11.8 Å². The molecule has 6 heteroatoms. The quantitative estimate of drug-likeness (QED) is 0.692. The molecule has 1 aromatic heterocycles. The Kier molecular flexibility index (Phi) is 4.77. The number of para-hydroxylation sites is 1. The van der Waals surface area contributed by atoms with Crippen LogP contribution in [0.5, 0.6) is 0 Å². The van der Waals surface area contributed by atoms with Crippen LogP contribution in [0.15, 0.2) is 75.8 Å². The molecule has 5 nitrogen and oxygen atoms in total. The summed E-state index contributed by atoms with van der Waals surface area (Å²) in [7, 11) is 0. The topological polar surface area (TPSA) is 71.3 Å². The highest BCUT2D eigenvalue weighted by Crippen LogP contribution is 2.20. The van der Waals surface area contributed by atoms with Crippen LogP contribution in [0.1, 0.15) is 20.9 Å². The van der Waals surface area contributed by atoms with Crippen LogP contribution in [0.3, 0.4) is 0 Å². The van der Waals surface area contributed by atoms with Gasteiger partial charge in [0.1, 0.15) is 0 Å².